The third-order valence-electron chi connectivity index (χ3n) is 5.22. The van der Waals surface area contributed by atoms with E-state index in [4.69, 9.17) is 4.74 Å². The number of amides is 3. The van der Waals surface area contributed by atoms with E-state index < -0.39 is 11.9 Å². The highest BCUT2D eigenvalue weighted by Gasteiger charge is 2.42. The van der Waals surface area contributed by atoms with E-state index in [9.17, 15) is 14.0 Å². The maximum absolute atomic E-state index is 13.8. The zero-order chi connectivity index (χ0) is 20.5. The molecule has 0 radical (unpaired) electrons. The lowest BCUT2D eigenvalue weighted by atomic mass is 9.94. The van der Waals surface area contributed by atoms with Gasteiger partial charge < -0.3 is 15.4 Å². The molecule has 0 aromatic heterocycles. The molecule has 0 spiro atoms. The van der Waals surface area contributed by atoms with Crippen LogP contribution in [0.15, 0.2) is 59.8 Å². The third kappa shape index (κ3) is 3.68. The molecule has 1 atom stereocenters. The Morgan fingerprint density at radius 2 is 1.97 bits per heavy atom. The lowest BCUT2D eigenvalue weighted by Gasteiger charge is -2.36. The lowest BCUT2D eigenvalue weighted by Crippen LogP contribution is -2.49. The second kappa shape index (κ2) is 7.58. The number of para-hydroxylation sites is 2. The molecular weight excluding hydrogens is 373 g/mol. The number of allylic oxidation sites excluding steroid dienone is 1. The summed E-state index contributed by atoms with van der Waals surface area (Å²) in [6.07, 6.45) is 1.80. The fourth-order valence-corrected chi connectivity index (χ4v) is 3.70. The van der Waals surface area contributed by atoms with Crippen LogP contribution in [0.25, 0.3) is 0 Å². The number of rotatable bonds is 5. The number of nitrogens with zero attached hydrogens (tertiary/aromatic N) is 1. The highest BCUT2D eigenvalue weighted by Crippen LogP contribution is 2.38. The zero-order valence-electron chi connectivity index (χ0n) is 16.2. The van der Waals surface area contributed by atoms with Gasteiger partial charge in [0.25, 0.3) is 5.91 Å². The van der Waals surface area contributed by atoms with Crippen LogP contribution >= 0.6 is 0 Å². The number of carbonyl (C=O) groups excluding carboxylic acids is 2. The number of halogens is 1. The Labute approximate surface area is 168 Å². The highest BCUT2D eigenvalue weighted by molar-refractivity contribution is 6.07. The first kappa shape index (κ1) is 19.0. The summed E-state index contributed by atoms with van der Waals surface area (Å²) in [5, 5.41) is 5.75. The van der Waals surface area contributed by atoms with E-state index in [2.05, 4.69) is 10.6 Å². The highest BCUT2D eigenvalue weighted by atomic mass is 19.1. The van der Waals surface area contributed by atoms with Gasteiger partial charge in [0, 0.05) is 11.7 Å². The van der Waals surface area contributed by atoms with E-state index in [0.717, 1.165) is 12.8 Å². The van der Waals surface area contributed by atoms with Crippen LogP contribution < -0.4 is 15.4 Å². The van der Waals surface area contributed by atoms with Gasteiger partial charge in [0.2, 0.25) is 0 Å². The molecule has 0 bridgehead atoms. The smallest absolute Gasteiger partial charge is 0.322 e. The van der Waals surface area contributed by atoms with Gasteiger partial charge in [-0.05, 0) is 49.6 Å². The van der Waals surface area contributed by atoms with Gasteiger partial charge in [-0.3, -0.25) is 9.69 Å². The molecule has 1 saturated carbocycles. The first-order valence-electron chi connectivity index (χ1n) is 9.50. The van der Waals surface area contributed by atoms with Crippen molar-refractivity contribution in [3.8, 4) is 5.75 Å². The Bertz CT molecular complexity index is 1000. The van der Waals surface area contributed by atoms with Crippen LogP contribution in [-0.2, 0) is 4.79 Å². The standard InChI is InChI=1S/C22H22FN3O3/c1-13-19(21(27)24-17-8-3-4-9-18(17)29-2)20(14-6-5-7-15(23)12-14)25-22(28)26(13)16-10-11-16/h3-9,12,16,20H,10-11H2,1-2H3,(H,24,27)(H,25,28)/t20-/m0/s1. The molecule has 0 unspecified atom stereocenters. The van der Waals surface area contributed by atoms with Gasteiger partial charge in [0.1, 0.15) is 11.6 Å². The van der Waals surface area contributed by atoms with Crippen molar-refractivity contribution in [3.05, 3.63) is 71.2 Å². The van der Waals surface area contributed by atoms with Gasteiger partial charge in [-0.1, -0.05) is 24.3 Å². The number of ether oxygens (including phenoxy) is 1. The second-order valence-electron chi connectivity index (χ2n) is 7.19. The van der Waals surface area contributed by atoms with Crippen LogP contribution in [0.1, 0.15) is 31.4 Å². The van der Waals surface area contributed by atoms with Gasteiger partial charge in [-0.2, -0.15) is 0 Å². The number of urea groups is 1. The maximum Gasteiger partial charge on any atom is 0.322 e. The predicted molar refractivity (Wildman–Crippen MR) is 107 cm³/mol. The minimum Gasteiger partial charge on any atom is -0.495 e. The van der Waals surface area contributed by atoms with E-state index >= 15 is 0 Å². The van der Waals surface area contributed by atoms with Crippen LogP contribution in [0.2, 0.25) is 0 Å². The van der Waals surface area contributed by atoms with Crippen LogP contribution in [0.5, 0.6) is 5.75 Å². The third-order valence-corrected chi connectivity index (χ3v) is 5.22. The lowest BCUT2D eigenvalue weighted by molar-refractivity contribution is -0.113. The Balaban J connectivity index is 1.75. The molecule has 1 aliphatic carbocycles. The largest absolute Gasteiger partial charge is 0.495 e. The molecule has 1 fully saturated rings. The van der Waals surface area contributed by atoms with E-state index in [-0.39, 0.29) is 18.0 Å². The molecule has 1 heterocycles. The number of anilines is 1. The van der Waals surface area contributed by atoms with Gasteiger partial charge in [0.15, 0.2) is 0 Å². The maximum atomic E-state index is 13.8. The van der Waals surface area contributed by atoms with Crippen molar-refractivity contribution in [1.82, 2.24) is 10.2 Å². The van der Waals surface area contributed by atoms with Gasteiger partial charge in [-0.15, -0.1) is 0 Å². The first-order valence-corrected chi connectivity index (χ1v) is 9.50. The quantitative estimate of drug-likeness (QED) is 0.805. The van der Waals surface area contributed by atoms with Crippen molar-refractivity contribution < 1.29 is 18.7 Å². The van der Waals surface area contributed by atoms with Crippen LogP contribution in [0.3, 0.4) is 0 Å². The van der Waals surface area contributed by atoms with Crippen molar-refractivity contribution in [2.75, 3.05) is 12.4 Å². The summed E-state index contributed by atoms with van der Waals surface area (Å²) in [5.74, 6) is -0.268. The van der Waals surface area contributed by atoms with Crippen molar-refractivity contribution in [2.24, 2.45) is 0 Å². The van der Waals surface area contributed by atoms with Crippen LogP contribution in [0.4, 0.5) is 14.9 Å². The fraction of sp³-hybridized carbons (Fsp3) is 0.273. The minimum absolute atomic E-state index is 0.0949. The fourth-order valence-electron chi connectivity index (χ4n) is 3.70. The number of nitrogens with one attached hydrogen (secondary N) is 2. The molecule has 2 aromatic carbocycles. The summed E-state index contributed by atoms with van der Waals surface area (Å²) in [6.45, 7) is 1.76. The number of hydrogen-bond acceptors (Lipinski definition) is 3. The summed E-state index contributed by atoms with van der Waals surface area (Å²) >= 11 is 0. The summed E-state index contributed by atoms with van der Waals surface area (Å²) in [6, 6.07) is 12.1. The van der Waals surface area contributed by atoms with Crippen LogP contribution in [-0.4, -0.2) is 30.0 Å². The normalized spacial score (nSPS) is 19.1. The van der Waals surface area contributed by atoms with Crippen molar-refractivity contribution in [3.63, 3.8) is 0 Å². The SMILES string of the molecule is COc1ccccc1NC(=O)C1=C(C)N(C2CC2)C(=O)N[C@H]1c1cccc(F)c1. The van der Waals surface area contributed by atoms with Gasteiger partial charge >= 0.3 is 6.03 Å². The van der Waals surface area contributed by atoms with Crippen molar-refractivity contribution in [1.29, 1.82) is 0 Å². The Kier molecular flexibility index (Phi) is 4.96. The molecule has 2 N–H and O–H groups in total. The Morgan fingerprint density at radius 1 is 1.21 bits per heavy atom. The number of benzene rings is 2. The molecule has 7 heteroatoms. The molecule has 4 rings (SSSR count). The molecule has 2 aromatic rings. The minimum atomic E-state index is -0.747. The molecule has 1 aliphatic heterocycles. The summed E-state index contributed by atoms with van der Waals surface area (Å²) < 4.78 is 19.2. The molecule has 150 valence electrons. The topological polar surface area (TPSA) is 70.7 Å². The summed E-state index contributed by atoms with van der Waals surface area (Å²) in [7, 11) is 1.53. The Hall–Kier alpha value is -3.35. The van der Waals surface area contributed by atoms with E-state index in [0.29, 0.717) is 28.3 Å². The summed E-state index contributed by atoms with van der Waals surface area (Å²) in [5.41, 5.74) is 2.00. The van der Waals surface area contributed by atoms with Gasteiger partial charge in [-0.25, -0.2) is 9.18 Å². The van der Waals surface area contributed by atoms with Crippen LogP contribution in [0, 0.1) is 5.82 Å². The summed E-state index contributed by atoms with van der Waals surface area (Å²) in [4.78, 5) is 27.7. The zero-order valence-corrected chi connectivity index (χ0v) is 16.2. The number of methoxy groups -OCH3 is 1. The number of hydrogen-bond donors (Lipinski definition) is 2. The van der Waals surface area contributed by atoms with Crippen molar-refractivity contribution in [2.45, 2.75) is 31.8 Å². The monoisotopic (exact) mass is 395 g/mol. The molecular formula is C22H22FN3O3. The van der Waals surface area contributed by atoms with E-state index in [1.165, 1.54) is 19.2 Å². The van der Waals surface area contributed by atoms with E-state index in [1.54, 1.807) is 42.2 Å². The average molecular weight is 395 g/mol. The van der Waals surface area contributed by atoms with Gasteiger partial charge in [0.05, 0.1) is 24.4 Å². The van der Waals surface area contributed by atoms with Crippen molar-refractivity contribution >= 4 is 17.6 Å². The number of carbonyl (C=O) groups is 2. The molecule has 0 saturated heterocycles. The molecule has 2 aliphatic rings. The molecule has 6 nitrogen and oxygen atoms in total. The second-order valence-corrected chi connectivity index (χ2v) is 7.19. The predicted octanol–water partition coefficient (Wildman–Crippen LogP) is 3.98. The average Bonchev–Trinajstić information content (AvgIpc) is 3.53. The molecule has 29 heavy (non-hydrogen) atoms. The van der Waals surface area contributed by atoms with E-state index in [1.807, 2.05) is 6.07 Å². The molecule has 3 amide bonds. The first-order chi connectivity index (χ1) is 14.0. The Morgan fingerprint density at radius 3 is 2.66 bits per heavy atom.